The fourth-order valence-electron chi connectivity index (χ4n) is 2.63. The topological polar surface area (TPSA) is 69.0 Å². The van der Waals surface area contributed by atoms with Gasteiger partial charge in [-0.05, 0) is 55.3 Å². The number of rotatable bonds is 7. The Hall–Kier alpha value is -2.22. The molecule has 0 fully saturated rings. The molecule has 0 radical (unpaired) electrons. The molecule has 0 aliphatic heterocycles. The third-order valence-electron chi connectivity index (χ3n) is 4.14. The summed E-state index contributed by atoms with van der Waals surface area (Å²) in [5.74, 6) is 1.44. The van der Waals surface area contributed by atoms with Crippen LogP contribution in [0.5, 0.6) is 5.75 Å². The van der Waals surface area contributed by atoms with Gasteiger partial charge < -0.3 is 14.6 Å². The van der Waals surface area contributed by atoms with Crippen molar-refractivity contribution in [2.75, 3.05) is 11.1 Å². The standard InChI is InChI=1S/C20H20Cl2N4O2S/c1-12-7-16(8-13(2)19(12)22)28-10-17-24-25-20(26(17)3)29-11-18(27)23-15-6-4-5-14(21)9-15/h4-9H,10-11H2,1-3H3,(H,23,27). The van der Waals surface area contributed by atoms with Crippen LogP contribution in [0.2, 0.25) is 10.0 Å². The highest BCUT2D eigenvalue weighted by molar-refractivity contribution is 7.99. The second-order valence-corrected chi connectivity index (χ2v) is 8.22. The molecule has 9 heteroatoms. The van der Waals surface area contributed by atoms with Crippen molar-refractivity contribution in [1.82, 2.24) is 14.8 Å². The van der Waals surface area contributed by atoms with E-state index in [1.165, 1.54) is 11.8 Å². The highest BCUT2D eigenvalue weighted by Crippen LogP contribution is 2.26. The summed E-state index contributed by atoms with van der Waals surface area (Å²) >= 11 is 13.4. The second kappa shape index (κ2) is 9.52. The molecule has 2 aromatic carbocycles. The first-order valence-electron chi connectivity index (χ1n) is 8.79. The summed E-state index contributed by atoms with van der Waals surface area (Å²) < 4.78 is 7.65. The van der Waals surface area contributed by atoms with Gasteiger partial charge in [0.05, 0.1) is 5.75 Å². The Kier molecular flexibility index (Phi) is 7.05. The molecule has 0 spiro atoms. The second-order valence-electron chi connectivity index (χ2n) is 6.46. The number of nitrogens with zero attached hydrogens (tertiary/aromatic N) is 3. The summed E-state index contributed by atoms with van der Waals surface area (Å²) in [6, 6.07) is 10.8. The maximum Gasteiger partial charge on any atom is 0.234 e. The van der Waals surface area contributed by atoms with E-state index in [1.54, 1.807) is 24.3 Å². The van der Waals surface area contributed by atoms with E-state index in [4.69, 9.17) is 27.9 Å². The lowest BCUT2D eigenvalue weighted by molar-refractivity contribution is -0.113. The summed E-state index contributed by atoms with van der Waals surface area (Å²) in [7, 11) is 1.84. The number of halogens is 2. The molecule has 152 valence electrons. The zero-order chi connectivity index (χ0) is 21.0. The minimum absolute atomic E-state index is 0.148. The van der Waals surface area contributed by atoms with E-state index < -0.39 is 0 Å². The first-order valence-corrected chi connectivity index (χ1v) is 10.5. The lowest BCUT2D eigenvalue weighted by Crippen LogP contribution is -2.14. The van der Waals surface area contributed by atoms with Crippen LogP contribution in [0.15, 0.2) is 41.6 Å². The fourth-order valence-corrected chi connectivity index (χ4v) is 3.66. The van der Waals surface area contributed by atoms with Gasteiger partial charge in [-0.1, -0.05) is 41.0 Å². The van der Waals surface area contributed by atoms with E-state index in [2.05, 4.69) is 15.5 Å². The fraction of sp³-hybridized carbons (Fsp3) is 0.250. The van der Waals surface area contributed by atoms with Crippen molar-refractivity contribution in [3.8, 4) is 5.75 Å². The Bertz CT molecular complexity index is 1020. The molecule has 0 bridgehead atoms. The van der Waals surface area contributed by atoms with E-state index in [1.807, 2.05) is 37.6 Å². The van der Waals surface area contributed by atoms with E-state index >= 15 is 0 Å². The molecule has 29 heavy (non-hydrogen) atoms. The molecule has 0 saturated carbocycles. The quantitative estimate of drug-likeness (QED) is 0.510. The van der Waals surface area contributed by atoms with E-state index in [-0.39, 0.29) is 18.3 Å². The summed E-state index contributed by atoms with van der Waals surface area (Å²) in [5, 5.41) is 13.0. The Morgan fingerprint density at radius 2 is 1.90 bits per heavy atom. The van der Waals surface area contributed by atoms with Gasteiger partial charge in [0.2, 0.25) is 5.91 Å². The van der Waals surface area contributed by atoms with Crippen LogP contribution in [0.4, 0.5) is 5.69 Å². The molecule has 1 aromatic heterocycles. The molecule has 0 saturated heterocycles. The third-order valence-corrected chi connectivity index (χ3v) is 6.00. The Balaban J connectivity index is 1.56. The molecule has 1 heterocycles. The molecule has 0 aliphatic rings. The number of ether oxygens (including phenoxy) is 1. The van der Waals surface area contributed by atoms with Crippen LogP contribution in [-0.4, -0.2) is 26.4 Å². The van der Waals surface area contributed by atoms with Gasteiger partial charge in [-0.2, -0.15) is 0 Å². The van der Waals surface area contributed by atoms with Gasteiger partial charge in [0.15, 0.2) is 11.0 Å². The molecule has 6 nitrogen and oxygen atoms in total. The van der Waals surface area contributed by atoms with Crippen molar-refractivity contribution >= 4 is 46.6 Å². The summed E-state index contributed by atoms with van der Waals surface area (Å²) in [6.45, 7) is 4.14. The highest BCUT2D eigenvalue weighted by atomic mass is 35.5. The average molecular weight is 451 g/mol. The average Bonchev–Trinajstić information content (AvgIpc) is 3.02. The largest absolute Gasteiger partial charge is 0.486 e. The number of amides is 1. The number of thioether (sulfide) groups is 1. The van der Waals surface area contributed by atoms with Crippen molar-refractivity contribution < 1.29 is 9.53 Å². The van der Waals surface area contributed by atoms with E-state index in [9.17, 15) is 4.79 Å². The smallest absolute Gasteiger partial charge is 0.234 e. The number of carbonyl (C=O) groups excluding carboxylic acids is 1. The van der Waals surface area contributed by atoms with Gasteiger partial charge in [0.25, 0.3) is 0 Å². The van der Waals surface area contributed by atoms with Gasteiger partial charge in [0, 0.05) is 22.8 Å². The predicted molar refractivity (Wildman–Crippen MR) is 117 cm³/mol. The minimum atomic E-state index is -0.148. The van der Waals surface area contributed by atoms with Gasteiger partial charge >= 0.3 is 0 Å². The molecule has 1 amide bonds. The van der Waals surface area contributed by atoms with Crippen LogP contribution < -0.4 is 10.1 Å². The first-order chi connectivity index (χ1) is 13.8. The third kappa shape index (κ3) is 5.65. The van der Waals surface area contributed by atoms with Crippen LogP contribution >= 0.6 is 35.0 Å². The monoisotopic (exact) mass is 450 g/mol. The van der Waals surface area contributed by atoms with E-state index in [0.717, 1.165) is 21.9 Å². The SMILES string of the molecule is Cc1cc(OCc2nnc(SCC(=O)Nc3cccc(Cl)c3)n2C)cc(C)c1Cl. The first kappa shape index (κ1) is 21.5. The van der Waals surface area contributed by atoms with Crippen LogP contribution in [-0.2, 0) is 18.4 Å². The van der Waals surface area contributed by atoms with Crippen molar-refractivity contribution in [1.29, 1.82) is 0 Å². The highest BCUT2D eigenvalue weighted by Gasteiger charge is 2.13. The van der Waals surface area contributed by atoms with Crippen molar-refractivity contribution in [3.63, 3.8) is 0 Å². The number of hydrogen-bond acceptors (Lipinski definition) is 5. The Morgan fingerprint density at radius 1 is 1.17 bits per heavy atom. The number of aryl methyl sites for hydroxylation is 2. The normalized spacial score (nSPS) is 10.8. The number of nitrogens with one attached hydrogen (secondary N) is 1. The Morgan fingerprint density at radius 3 is 2.59 bits per heavy atom. The van der Waals surface area contributed by atoms with Crippen LogP contribution in [0.3, 0.4) is 0 Å². The molecular formula is C20H20Cl2N4O2S. The number of aromatic nitrogens is 3. The van der Waals surface area contributed by atoms with Crippen LogP contribution in [0.1, 0.15) is 17.0 Å². The lowest BCUT2D eigenvalue weighted by atomic mass is 10.1. The molecule has 0 aliphatic carbocycles. The molecule has 0 atom stereocenters. The lowest BCUT2D eigenvalue weighted by Gasteiger charge is -2.10. The predicted octanol–water partition coefficient (Wildman–Crippen LogP) is 5.05. The maximum absolute atomic E-state index is 12.1. The zero-order valence-corrected chi connectivity index (χ0v) is 18.5. The Labute approximate surface area is 183 Å². The summed E-state index contributed by atoms with van der Waals surface area (Å²) in [4.78, 5) is 12.1. The number of benzene rings is 2. The van der Waals surface area contributed by atoms with Crippen LogP contribution in [0, 0.1) is 13.8 Å². The molecule has 1 N–H and O–H groups in total. The van der Waals surface area contributed by atoms with E-state index in [0.29, 0.717) is 21.7 Å². The molecular weight excluding hydrogens is 431 g/mol. The van der Waals surface area contributed by atoms with Crippen molar-refractivity contribution in [3.05, 3.63) is 63.4 Å². The molecule has 0 unspecified atom stereocenters. The number of anilines is 1. The summed E-state index contributed by atoms with van der Waals surface area (Å²) in [6.07, 6.45) is 0. The molecule has 3 rings (SSSR count). The van der Waals surface area contributed by atoms with Crippen molar-refractivity contribution in [2.45, 2.75) is 25.6 Å². The van der Waals surface area contributed by atoms with Gasteiger partial charge in [0.1, 0.15) is 12.4 Å². The van der Waals surface area contributed by atoms with Crippen molar-refractivity contribution in [2.24, 2.45) is 7.05 Å². The summed E-state index contributed by atoms with van der Waals surface area (Å²) in [5.41, 5.74) is 2.58. The number of hydrogen-bond donors (Lipinski definition) is 1. The number of carbonyl (C=O) groups is 1. The van der Waals surface area contributed by atoms with Gasteiger partial charge in [-0.15, -0.1) is 10.2 Å². The maximum atomic E-state index is 12.1. The molecule has 3 aromatic rings. The van der Waals surface area contributed by atoms with Gasteiger partial charge in [-0.25, -0.2) is 0 Å². The van der Waals surface area contributed by atoms with Gasteiger partial charge in [-0.3, -0.25) is 4.79 Å². The zero-order valence-electron chi connectivity index (χ0n) is 16.2. The van der Waals surface area contributed by atoms with Crippen LogP contribution in [0.25, 0.3) is 0 Å². The minimum Gasteiger partial charge on any atom is -0.486 e.